The van der Waals surface area contributed by atoms with E-state index in [1.54, 1.807) is 33.0 Å². The minimum absolute atomic E-state index is 0.148. The Balaban J connectivity index is 2.62. The number of thioether (sulfide) groups is 1. The van der Waals surface area contributed by atoms with Crippen molar-refractivity contribution in [2.45, 2.75) is 32.9 Å². The molecule has 0 bridgehead atoms. The number of rotatable bonds is 6. The fourth-order valence-electron chi connectivity index (χ4n) is 1.23. The van der Waals surface area contributed by atoms with Gasteiger partial charge in [0.05, 0.1) is 12.4 Å². The lowest BCUT2D eigenvalue weighted by Crippen LogP contribution is -2.36. The predicted molar refractivity (Wildman–Crippen MR) is 72.9 cm³/mol. The van der Waals surface area contributed by atoms with Gasteiger partial charge in [-0.15, -0.1) is 0 Å². The molecule has 0 radical (unpaired) electrons. The van der Waals surface area contributed by atoms with Crippen LogP contribution in [-0.2, 0) is 14.3 Å². The molecular weight excluding hydrogens is 264 g/mol. The van der Waals surface area contributed by atoms with Crippen molar-refractivity contribution in [2.24, 2.45) is 5.41 Å². The van der Waals surface area contributed by atoms with Crippen LogP contribution in [0.15, 0.2) is 17.4 Å². The van der Waals surface area contributed by atoms with Gasteiger partial charge in [0.2, 0.25) is 0 Å². The van der Waals surface area contributed by atoms with E-state index in [1.807, 2.05) is 6.92 Å². The van der Waals surface area contributed by atoms with Gasteiger partial charge in [0.15, 0.2) is 10.9 Å². The summed E-state index contributed by atoms with van der Waals surface area (Å²) in [5.41, 5.74) is -0.290. The van der Waals surface area contributed by atoms with Gasteiger partial charge in [0, 0.05) is 11.9 Å². The smallest absolute Gasteiger partial charge is 0.319 e. The summed E-state index contributed by atoms with van der Waals surface area (Å²) in [6.45, 7) is 6.99. The molecule has 0 N–H and O–H groups in total. The highest BCUT2D eigenvalue weighted by Gasteiger charge is 2.37. The van der Waals surface area contributed by atoms with Crippen molar-refractivity contribution in [1.82, 2.24) is 9.97 Å². The van der Waals surface area contributed by atoms with E-state index in [0.717, 1.165) is 5.69 Å². The van der Waals surface area contributed by atoms with Crippen molar-refractivity contribution in [1.29, 1.82) is 0 Å². The number of ether oxygens (including phenoxy) is 1. The third-order valence-electron chi connectivity index (χ3n) is 2.59. The predicted octanol–water partition coefficient (Wildman–Crippen LogP) is 2.04. The van der Waals surface area contributed by atoms with Crippen LogP contribution in [0.1, 0.15) is 26.5 Å². The summed E-state index contributed by atoms with van der Waals surface area (Å²) in [4.78, 5) is 32.0. The molecule has 0 fully saturated rings. The maximum Gasteiger partial charge on any atom is 0.319 e. The zero-order valence-electron chi connectivity index (χ0n) is 11.6. The van der Waals surface area contributed by atoms with E-state index in [1.165, 1.54) is 11.8 Å². The third kappa shape index (κ3) is 4.31. The van der Waals surface area contributed by atoms with Crippen molar-refractivity contribution in [3.63, 3.8) is 0 Å². The molecule has 0 saturated heterocycles. The van der Waals surface area contributed by atoms with Gasteiger partial charge >= 0.3 is 5.97 Å². The van der Waals surface area contributed by atoms with Crippen LogP contribution in [0.3, 0.4) is 0 Å². The quantitative estimate of drug-likeness (QED) is 0.344. The zero-order valence-corrected chi connectivity index (χ0v) is 12.4. The van der Waals surface area contributed by atoms with E-state index in [4.69, 9.17) is 4.74 Å². The van der Waals surface area contributed by atoms with Gasteiger partial charge in [-0.25, -0.2) is 9.97 Å². The number of esters is 1. The van der Waals surface area contributed by atoms with Gasteiger partial charge in [-0.3, -0.25) is 9.59 Å². The molecule has 0 aliphatic carbocycles. The van der Waals surface area contributed by atoms with E-state index < -0.39 is 11.4 Å². The topological polar surface area (TPSA) is 69.2 Å². The highest BCUT2D eigenvalue weighted by Crippen LogP contribution is 2.23. The van der Waals surface area contributed by atoms with Crippen molar-refractivity contribution in [2.75, 3.05) is 12.4 Å². The monoisotopic (exact) mass is 282 g/mol. The molecule has 104 valence electrons. The number of ketones is 1. The second kappa shape index (κ2) is 6.65. The summed E-state index contributed by atoms with van der Waals surface area (Å²) >= 11 is 1.23. The number of carbonyl (C=O) groups excluding carboxylic acids is 2. The number of hydrogen-bond donors (Lipinski definition) is 0. The molecule has 0 aliphatic heterocycles. The number of hydrogen-bond acceptors (Lipinski definition) is 6. The number of nitrogens with zero attached hydrogens (tertiary/aromatic N) is 2. The SMILES string of the molecule is CCOC(=O)C(C)(C)C(=O)CSc1nccc(C)n1. The Hall–Kier alpha value is -1.43. The Morgan fingerprint density at radius 3 is 2.68 bits per heavy atom. The van der Waals surface area contributed by atoms with Crippen LogP contribution in [-0.4, -0.2) is 34.1 Å². The Morgan fingerprint density at radius 2 is 2.11 bits per heavy atom. The highest BCUT2D eigenvalue weighted by molar-refractivity contribution is 7.99. The summed E-state index contributed by atoms with van der Waals surface area (Å²) in [5, 5.41) is 0.535. The van der Waals surface area contributed by atoms with E-state index in [9.17, 15) is 9.59 Å². The van der Waals surface area contributed by atoms with Crippen LogP contribution in [0.4, 0.5) is 0 Å². The summed E-state index contributed by atoms with van der Waals surface area (Å²) in [5.74, 6) is -0.540. The number of carbonyl (C=O) groups is 2. The highest BCUT2D eigenvalue weighted by atomic mass is 32.2. The van der Waals surface area contributed by atoms with Crippen LogP contribution in [0.2, 0.25) is 0 Å². The van der Waals surface area contributed by atoms with Gasteiger partial charge in [-0.1, -0.05) is 11.8 Å². The average Bonchev–Trinajstić information content (AvgIpc) is 2.36. The molecule has 0 aromatic carbocycles. The summed E-state index contributed by atoms with van der Waals surface area (Å²) in [6, 6.07) is 1.79. The largest absolute Gasteiger partial charge is 0.465 e. The molecule has 0 atom stereocenters. The molecule has 5 nitrogen and oxygen atoms in total. The maximum absolute atomic E-state index is 12.1. The van der Waals surface area contributed by atoms with Crippen molar-refractivity contribution < 1.29 is 14.3 Å². The summed E-state index contributed by atoms with van der Waals surface area (Å²) in [7, 11) is 0. The van der Waals surface area contributed by atoms with Crippen LogP contribution >= 0.6 is 11.8 Å². The average molecular weight is 282 g/mol. The molecule has 1 heterocycles. The number of Topliss-reactive ketones (excluding diaryl/α,β-unsaturated/α-hetero) is 1. The lowest BCUT2D eigenvalue weighted by Gasteiger charge is -2.20. The van der Waals surface area contributed by atoms with Crippen LogP contribution in [0, 0.1) is 12.3 Å². The second-order valence-electron chi connectivity index (χ2n) is 4.54. The summed E-state index contributed by atoms with van der Waals surface area (Å²) in [6.07, 6.45) is 1.64. The van der Waals surface area contributed by atoms with E-state index in [-0.39, 0.29) is 18.1 Å². The Morgan fingerprint density at radius 1 is 1.42 bits per heavy atom. The molecule has 0 amide bonds. The van der Waals surface area contributed by atoms with Crippen molar-refractivity contribution in [3.05, 3.63) is 18.0 Å². The fourth-order valence-corrected chi connectivity index (χ4v) is 2.20. The zero-order chi connectivity index (χ0) is 14.5. The minimum atomic E-state index is -1.13. The Labute approximate surface area is 117 Å². The summed E-state index contributed by atoms with van der Waals surface area (Å²) < 4.78 is 4.90. The lowest BCUT2D eigenvalue weighted by molar-refractivity contribution is -0.157. The fraction of sp³-hybridized carbons (Fsp3) is 0.538. The number of aryl methyl sites for hydroxylation is 1. The van der Waals surface area contributed by atoms with Crippen LogP contribution in [0.25, 0.3) is 0 Å². The molecule has 0 spiro atoms. The van der Waals surface area contributed by atoms with Crippen molar-refractivity contribution >= 4 is 23.5 Å². The Bertz CT molecular complexity index is 475. The van der Waals surface area contributed by atoms with E-state index >= 15 is 0 Å². The van der Waals surface area contributed by atoms with Gasteiger partial charge < -0.3 is 4.74 Å². The first-order chi connectivity index (χ1) is 8.87. The first kappa shape index (κ1) is 15.6. The molecule has 19 heavy (non-hydrogen) atoms. The van der Waals surface area contributed by atoms with E-state index in [2.05, 4.69) is 9.97 Å². The normalized spacial score (nSPS) is 11.2. The van der Waals surface area contributed by atoms with Gasteiger partial charge in [-0.05, 0) is 33.8 Å². The molecule has 0 saturated carbocycles. The third-order valence-corrected chi connectivity index (χ3v) is 3.45. The first-order valence-corrected chi connectivity index (χ1v) is 6.99. The molecule has 6 heteroatoms. The molecule has 1 aromatic heterocycles. The molecule has 0 unspecified atom stereocenters. The molecule has 1 aromatic rings. The van der Waals surface area contributed by atoms with Gasteiger partial charge in [0.1, 0.15) is 5.41 Å². The van der Waals surface area contributed by atoms with Gasteiger partial charge in [-0.2, -0.15) is 0 Å². The minimum Gasteiger partial charge on any atom is -0.465 e. The van der Waals surface area contributed by atoms with E-state index in [0.29, 0.717) is 5.16 Å². The standard InChI is InChI=1S/C13H18N2O3S/c1-5-18-11(17)13(3,4)10(16)8-19-12-14-7-6-9(2)15-12/h6-7H,5,8H2,1-4H3. The van der Waals surface area contributed by atoms with Gasteiger partial charge in [0.25, 0.3) is 0 Å². The first-order valence-electron chi connectivity index (χ1n) is 6.01. The molecular formula is C13H18N2O3S. The number of aromatic nitrogens is 2. The lowest BCUT2D eigenvalue weighted by atomic mass is 9.89. The van der Waals surface area contributed by atoms with Crippen LogP contribution in [0.5, 0.6) is 0 Å². The second-order valence-corrected chi connectivity index (χ2v) is 5.48. The van der Waals surface area contributed by atoms with Crippen molar-refractivity contribution in [3.8, 4) is 0 Å². The molecule has 0 aliphatic rings. The maximum atomic E-state index is 12.1. The van der Waals surface area contributed by atoms with Crippen LogP contribution < -0.4 is 0 Å². The Kier molecular flexibility index (Phi) is 5.47. The molecule has 1 rings (SSSR count).